The van der Waals surface area contributed by atoms with Gasteiger partial charge >= 0.3 is 6.18 Å². The van der Waals surface area contributed by atoms with Gasteiger partial charge in [0.2, 0.25) is 0 Å². The first-order valence-corrected chi connectivity index (χ1v) is 5.40. The third-order valence-corrected chi connectivity index (χ3v) is 3.15. The van der Waals surface area contributed by atoms with E-state index in [1.165, 1.54) is 6.07 Å². The maximum absolute atomic E-state index is 12.6. The van der Waals surface area contributed by atoms with Crippen LogP contribution in [0, 0.1) is 0 Å². The minimum absolute atomic E-state index is 0.440. The van der Waals surface area contributed by atoms with Gasteiger partial charge in [0.05, 0.1) is 12.2 Å². The fourth-order valence-electron chi connectivity index (χ4n) is 1.83. The van der Waals surface area contributed by atoms with Gasteiger partial charge in [0.25, 0.3) is 0 Å². The first-order chi connectivity index (χ1) is 7.89. The zero-order valence-electron chi connectivity index (χ0n) is 9.47. The maximum Gasteiger partial charge on any atom is 0.416 e. The normalized spacial score (nSPS) is 23.5. The Kier molecular flexibility index (Phi) is 2.78. The van der Waals surface area contributed by atoms with E-state index < -0.39 is 17.3 Å². The van der Waals surface area contributed by atoms with E-state index in [0.717, 1.165) is 18.6 Å². The highest BCUT2D eigenvalue weighted by atomic mass is 19.4. The van der Waals surface area contributed by atoms with E-state index in [0.29, 0.717) is 17.7 Å². The van der Waals surface area contributed by atoms with Crippen LogP contribution < -0.4 is 0 Å². The quantitative estimate of drug-likeness (QED) is 0.732. The predicted octanol–water partition coefficient (Wildman–Crippen LogP) is 3.90. The molecule has 0 saturated carbocycles. The molecule has 1 atom stereocenters. The van der Waals surface area contributed by atoms with Crippen molar-refractivity contribution in [2.45, 2.75) is 25.1 Å². The van der Waals surface area contributed by atoms with E-state index >= 15 is 0 Å². The molecule has 0 bridgehead atoms. The average molecular weight is 242 g/mol. The molecular weight excluding hydrogens is 229 g/mol. The number of hydrogen-bond donors (Lipinski definition) is 0. The minimum atomic E-state index is -4.32. The molecule has 2 rings (SSSR count). The van der Waals surface area contributed by atoms with E-state index in [9.17, 15) is 13.2 Å². The van der Waals surface area contributed by atoms with Gasteiger partial charge in [-0.25, -0.2) is 0 Å². The Morgan fingerprint density at radius 1 is 1.47 bits per heavy atom. The highest BCUT2D eigenvalue weighted by Crippen LogP contribution is 2.43. The maximum atomic E-state index is 12.6. The van der Waals surface area contributed by atoms with Crippen molar-refractivity contribution in [3.8, 4) is 0 Å². The first-order valence-electron chi connectivity index (χ1n) is 5.40. The average Bonchev–Trinajstić information content (AvgIpc) is 3.08. The summed E-state index contributed by atoms with van der Waals surface area (Å²) >= 11 is 0. The number of epoxide rings is 1. The van der Waals surface area contributed by atoms with Gasteiger partial charge in [-0.05, 0) is 29.7 Å². The molecule has 0 spiro atoms. The lowest BCUT2D eigenvalue weighted by Gasteiger charge is -2.15. The molecule has 1 nitrogen and oxygen atoms in total. The van der Waals surface area contributed by atoms with Crippen LogP contribution in [0.4, 0.5) is 13.2 Å². The summed E-state index contributed by atoms with van der Waals surface area (Å²) in [7, 11) is 0. The van der Waals surface area contributed by atoms with Crippen molar-refractivity contribution in [2.75, 3.05) is 6.61 Å². The fraction of sp³-hybridized carbons (Fsp3) is 0.385. The van der Waals surface area contributed by atoms with Crippen LogP contribution in [-0.2, 0) is 10.9 Å². The van der Waals surface area contributed by atoms with Crippen molar-refractivity contribution in [1.82, 2.24) is 0 Å². The molecule has 17 heavy (non-hydrogen) atoms. The molecule has 1 heterocycles. The summed E-state index contributed by atoms with van der Waals surface area (Å²) in [6.45, 7) is 6.34. The van der Waals surface area contributed by atoms with Crippen molar-refractivity contribution < 1.29 is 17.9 Å². The second-order valence-electron chi connectivity index (χ2n) is 4.19. The van der Waals surface area contributed by atoms with Crippen LogP contribution in [-0.4, -0.2) is 12.2 Å². The van der Waals surface area contributed by atoms with Gasteiger partial charge in [0.15, 0.2) is 0 Å². The molecule has 0 radical (unpaired) electrons. The van der Waals surface area contributed by atoms with Crippen LogP contribution in [0.25, 0.3) is 5.57 Å². The Morgan fingerprint density at radius 2 is 2.12 bits per heavy atom. The van der Waals surface area contributed by atoms with Gasteiger partial charge in [0, 0.05) is 0 Å². The molecule has 1 unspecified atom stereocenters. The summed E-state index contributed by atoms with van der Waals surface area (Å²) in [4.78, 5) is 0. The molecule has 0 amide bonds. The lowest BCUT2D eigenvalue weighted by atomic mass is 9.91. The van der Waals surface area contributed by atoms with Crippen LogP contribution in [0.15, 0.2) is 30.8 Å². The number of halogens is 3. The lowest BCUT2D eigenvalue weighted by Crippen LogP contribution is -2.12. The smallest absolute Gasteiger partial charge is 0.365 e. The van der Waals surface area contributed by atoms with Crippen LogP contribution in [0.3, 0.4) is 0 Å². The summed E-state index contributed by atoms with van der Waals surface area (Å²) in [6.07, 6.45) is -3.60. The van der Waals surface area contributed by atoms with Gasteiger partial charge in [-0.3, -0.25) is 0 Å². The Labute approximate surface area is 97.9 Å². The zero-order chi connectivity index (χ0) is 12.7. The predicted molar refractivity (Wildman–Crippen MR) is 59.5 cm³/mol. The fourth-order valence-corrected chi connectivity index (χ4v) is 1.83. The van der Waals surface area contributed by atoms with Crippen LogP contribution >= 0.6 is 0 Å². The molecule has 1 fully saturated rings. The summed E-state index contributed by atoms with van der Waals surface area (Å²) in [5.41, 5.74) is 0.0397. The lowest BCUT2D eigenvalue weighted by molar-refractivity contribution is -0.137. The highest BCUT2D eigenvalue weighted by molar-refractivity contribution is 5.72. The van der Waals surface area contributed by atoms with Gasteiger partial charge in [-0.1, -0.05) is 25.6 Å². The van der Waals surface area contributed by atoms with E-state index in [-0.39, 0.29) is 0 Å². The molecule has 1 aromatic rings. The van der Waals surface area contributed by atoms with Crippen LogP contribution in [0.5, 0.6) is 0 Å². The first kappa shape index (κ1) is 12.2. The molecule has 1 aliphatic rings. The summed E-state index contributed by atoms with van der Waals surface area (Å²) in [6, 6.07) is 5.22. The second-order valence-corrected chi connectivity index (χ2v) is 4.19. The summed E-state index contributed by atoms with van der Waals surface area (Å²) < 4.78 is 43.0. The molecule has 0 N–H and O–H groups in total. The standard InChI is InChI=1S/C13H13F3O/c1-3-12(8-17-12)9(2)10-5-4-6-11(7-10)13(14,15)16/h4-7H,2-3,8H2,1H3. The second kappa shape index (κ2) is 3.88. The number of ether oxygens (including phenoxy) is 1. The molecule has 1 saturated heterocycles. The Balaban J connectivity index is 2.31. The number of alkyl halides is 3. The Morgan fingerprint density at radius 3 is 2.59 bits per heavy atom. The molecule has 1 aromatic carbocycles. The Hall–Kier alpha value is -1.29. The Bertz CT molecular complexity index is 444. The molecule has 1 aliphatic heterocycles. The molecular formula is C13H13F3O. The number of rotatable bonds is 3. The van der Waals surface area contributed by atoms with Gasteiger partial charge in [-0.15, -0.1) is 0 Å². The van der Waals surface area contributed by atoms with E-state index in [2.05, 4.69) is 6.58 Å². The number of hydrogen-bond acceptors (Lipinski definition) is 1. The molecule has 4 heteroatoms. The van der Waals surface area contributed by atoms with Crippen LogP contribution in [0.2, 0.25) is 0 Å². The number of benzene rings is 1. The van der Waals surface area contributed by atoms with E-state index in [1.54, 1.807) is 6.07 Å². The molecule has 92 valence electrons. The monoisotopic (exact) mass is 242 g/mol. The summed E-state index contributed by atoms with van der Waals surface area (Å²) in [5, 5.41) is 0. The van der Waals surface area contributed by atoms with E-state index in [1.807, 2.05) is 6.92 Å². The van der Waals surface area contributed by atoms with Crippen molar-refractivity contribution in [3.63, 3.8) is 0 Å². The largest absolute Gasteiger partial charge is 0.416 e. The van der Waals surface area contributed by atoms with Gasteiger partial charge < -0.3 is 4.74 Å². The van der Waals surface area contributed by atoms with Crippen molar-refractivity contribution in [2.24, 2.45) is 0 Å². The van der Waals surface area contributed by atoms with Crippen molar-refractivity contribution in [3.05, 3.63) is 42.0 Å². The van der Waals surface area contributed by atoms with Gasteiger partial charge in [0.1, 0.15) is 5.60 Å². The minimum Gasteiger partial charge on any atom is -0.365 e. The highest BCUT2D eigenvalue weighted by Gasteiger charge is 2.46. The molecule has 0 aliphatic carbocycles. The third kappa shape index (κ3) is 2.22. The van der Waals surface area contributed by atoms with Crippen LogP contribution in [0.1, 0.15) is 24.5 Å². The van der Waals surface area contributed by atoms with Gasteiger partial charge in [-0.2, -0.15) is 13.2 Å². The third-order valence-electron chi connectivity index (χ3n) is 3.15. The SMILES string of the molecule is C=C(c1cccc(C(F)(F)F)c1)C1(CC)CO1. The molecule has 0 aromatic heterocycles. The zero-order valence-corrected chi connectivity index (χ0v) is 9.47. The van der Waals surface area contributed by atoms with Crippen molar-refractivity contribution >= 4 is 5.57 Å². The van der Waals surface area contributed by atoms with E-state index in [4.69, 9.17) is 4.74 Å². The van der Waals surface area contributed by atoms with Crippen molar-refractivity contribution in [1.29, 1.82) is 0 Å². The summed E-state index contributed by atoms with van der Waals surface area (Å²) in [5.74, 6) is 0. The topological polar surface area (TPSA) is 12.5 Å².